The van der Waals surface area contributed by atoms with Gasteiger partial charge < -0.3 is 15.2 Å². The maximum absolute atomic E-state index is 12.3. The van der Waals surface area contributed by atoms with Gasteiger partial charge in [-0.25, -0.2) is 4.79 Å². The molecule has 0 radical (unpaired) electrons. The molecule has 0 saturated heterocycles. The van der Waals surface area contributed by atoms with Crippen molar-refractivity contribution in [3.8, 4) is 5.75 Å². The predicted octanol–water partition coefficient (Wildman–Crippen LogP) is 3.06. The zero-order valence-electron chi connectivity index (χ0n) is 13.2. The Morgan fingerprint density at radius 3 is 2.65 bits per heavy atom. The smallest absolute Gasteiger partial charge is 0.335 e. The number of aromatic carboxylic acids is 1. The van der Waals surface area contributed by atoms with Crippen LogP contribution in [-0.4, -0.2) is 36.0 Å². The maximum atomic E-state index is 12.3. The number of carbonyl (C=O) groups is 3. The van der Waals surface area contributed by atoms with Crippen molar-refractivity contribution < 1.29 is 24.2 Å². The fraction of sp³-hybridized carbons (Fsp3) is 0.118. The van der Waals surface area contributed by atoms with Gasteiger partial charge in [0.05, 0.1) is 22.0 Å². The summed E-state index contributed by atoms with van der Waals surface area (Å²) in [6.07, 6.45) is 0. The summed E-state index contributed by atoms with van der Waals surface area (Å²) in [5, 5.41) is 12.4. The number of carboxylic acid groups (broad SMARTS) is 1. The number of rotatable bonds is 4. The minimum Gasteiger partial charge on any atom is -0.482 e. The number of fused-ring (bicyclic) bond motifs is 1. The first-order valence-corrected chi connectivity index (χ1v) is 8.16. The number of nitrogens with zero attached hydrogens (tertiary/aromatic N) is 1. The molecule has 2 amide bonds. The second kappa shape index (κ2) is 7.23. The van der Waals surface area contributed by atoms with Crippen LogP contribution in [0.5, 0.6) is 5.75 Å². The Kier molecular flexibility index (Phi) is 5.01. The monoisotopic (exact) mass is 394 g/mol. The van der Waals surface area contributed by atoms with Crippen LogP contribution in [-0.2, 0) is 9.59 Å². The third-order valence-electron chi connectivity index (χ3n) is 3.66. The van der Waals surface area contributed by atoms with E-state index in [1.54, 1.807) is 12.1 Å². The van der Waals surface area contributed by atoms with Gasteiger partial charge >= 0.3 is 5.97 Å². The van der Waals surface area contributed by atoms with Crippen LogP contribution in [0, 0.1) is 0 Å². The summed E-state index contributed by atoms with van der Waals surface area (Å²) in [7, 11) is 0. The van der Waals surface area contributed by atoms with Crippen molar-refractivity contribution in [1.82, 2.24) is 0 Å². The first-order chi connectivity index (χ1) is 12.3. The Labute approximate surface area is 158 Å². The van der Waals surface area contributed by atoms with Gasteiger partial charge in [-0.3, -0.25) is 14.5 Å². The van der Waals surface area contributed by atoms with Crippen LogP contribution in [0.2, 0.25) is 10.0 Å². The molecule has 7 nitrogen and oxygen atoms in total. The molecule has 1 aliphatic rings. The minimum absolute atomic E-state index is 0.0202. The van der Waals surface area contributed by atoms with E-state index in [9.17, 15) is 14.4 Å². The van der Waals surface area contributed by atoms with Crippen LogP contribution in [0.4, 0.5) is 11.4 Å². The average molecular weight is 395 g/mol. The van der Waals surface area contributed by atoms with E-state index in [2.05, 4.69) is 5.32 Å². The van der Waals surface area contributed by atoms with E-state index in [4.69, 9.17) is 33.0 Å². The quantitative estimate of drug-likeness (QED) is 0.830. The van der Waals surface area contributed by atoms with E-state index in [0.29, 0.717) is 16.5 Å². The number of hydrogen-bond donors (Lipinski definition) is 2. The highest BCUT2D eigenvalue weighted by molar-refractivity contribution is 6.36. The molecule has 0 spiro atoms. The van der Waals surface area contributed by atoms with Crippen molar-refractivity contribution in [2.45, 2.75) is 0 Å². The highest BCUT2D eigenvalue weighted by Gasteiger charge is 2.28. The van der Waals surface area contributed by atoms with Gasteiger partial charge in [0.1, 0.15) is 12.3 Å². The summed E-state index contributed by atoms with van der Waals surface area (Å²) in [5.41, 5.74) is 0.549. The molecule has 2 aromatic carbocycles. The molecule has 9 heteroatoms. The van der Waals surface area contributed by atoms with Crippen molar-refractivity contribution >= 4 is 52.4 Å². The molecular formula is C17H12Cl2N2O5. The van der Waals surface area contributed by atoms with Crippen LogP contribution >= 0.6 is 23.2 Å². The number of ether oxygens (including phenoxy) is 1. The van der Waals surface area contributed by atoms with E-state index >= 15 is 0 Å². The van der Waals surface area contributed by atoms with Crippen LogP contribution in [0.3, 0.4) is 0 Å². The van der Waals surface area contributed by atoms with Gasteiger partial charge in [-0.15, -0.1) is 0 Å². The first kappa shape index (κ1) is 18.0. The molecule has 2 aromatic rings. The van der Waals surface area contributed by atoms with Crippen molar-refractivity contribution in [3.63, 3.8) is 0 Å². The molecule has 0 saturated carbocycles. The van der Waals surface area contributed by atoms with Gasteiger partial charge in [-0.2, -0.15) is 0 Å². The van der Waals surface area contributed by atoms with Crippen LogP contribution in [0.25, 0.3) is 0 Å². The summed E-state index contributed by atoms with van der Waals surface area (Å²) in [6.45, 7) is -0.564. The lowest BCUT2D eigenvalue weighted by Gasteiger charge is -2.29. The third kappa shape index (κ3) is 3.74. The topological polar surface area (TPSA) is 95.9 Å². The molecule has 26 heavy (non-hydrogen) atoms. The fourth-order valence-corrected chi connectivity index (χ4v) is 2.89. The van der Waals surface area contributed by atoms with Gasteiger partial charge in [0.25, 0.3) is 5.91 Å². The molecule has 0 aliphatic carbocycles. The van der Waals surface area contributed by atoms with E-state index in [0.717, 1.165) is 0 Å². The molecule has 0 atom stereocenters. The standard InChI is InChI=1S/C17H12Cl2N2O5/c18-10-2-3-12(11(19)6-10)20-15(22)7-21-13-5-9(17(24)25)1-4-14(13)26-8-16(21)23/h1-6H,7-8H2,(H,20,22)(H,24,25). The fourth-order valence-electron chi connectivity index (χ4n) is 2.43. The van der Waals surface area contributed by atoms with Crippen molar-refractivity contribution in [2.75, 3.05) is 23.4 Å². The lowest BCUT2D eigenvalue weighted by atomic mass is 10.1. The Bertz CT molecular complexity index is 916. The van der Waals surface area contributed by atoms with Crippen LogP contribution < -0.4 is 15.0 Å². The Morgan fingerprint density at radius 2 is 1.96 bits per heavy atom. The Morgan fingerprint density at radius 1 is 1.19 bits per heavy atom. The summed E-state index contributed by atoms with van der Waals surface area (Å²) in [4.78, 5) is 36.8. The lowest BCUT2D eigenvalue weighted by Crippen LogP contribution is -2.43. The molecule has 1 aliphatic heterocycles. The number of amides is 2. The number of halogens is 2. The van der Waals surface area contributed by atoms with Crippen molar-refractivity contribution in [2.24, 2.45) is 0 Å². The summed E-state index contributed by atoms with van der Waals surface area (Å²) >= 11 is 11.8. The molecule has 2 N–H and O–H groups in total. The van der Waals surface area contributed by atoms with Crippen LogP contribution in [0.15, 0.2) is 36.4 Å². The minimum atomic E-state index is -1.15. The molecule has 1 heterocycles. The summed E-state index contributed by atoms with van der Waals surface area (Å²) in [6, 6.07) is 8.69. The van der Waals surface area contributed by atoms with Crippen molar-refractivity contribution in [3.05, 3.63) is 52.0 Å². The number of nitrogens with one attached hydrogen (secondary N) is 1. The van der Waals surface area contributed by atoms with Gasteiger partial charge in [0.15, 0.2) is 6.61 Å². The number of benzene rings is 2. The first-order valence-electron chi connectivity index (χ1n) is 7.40. The molecule has 0 bridgehead atoms. The zero-order valence-corrected chi connectivity index (χ0v) is 14.7. The number of hydrogen-bond acceptors (Lipinski definition) is 4. The highest BCUT2D eigenvalue weighted by Crippen LogP contribution is 2.33. The average Bonchev–Trinajstić information content (AvgIpc) is 2.59. The molecule has 0 unspecified atom stereocenters. The van der Waals surface area contributed by atoms with Gasteiger partial charge in [0.2, 0.25) is 5.91 Å². The van der Waals surface area contributed by atoms with E-state index in [1.165, 1.54) is 29.2 Å². The number of carbonyl (C=O) groups excluding carboxylic acids is 2. The summed E-state index contributed by atoms with van der Waals surface area (Å²) < 4.78 is 5.28. The SMILES string of the molecule is O=C(CN1C(=O)COc2ccc(C(=O)O)cc21)Nc1ccc(Cl)cc1Cl. The Hall–Kier alpha value is -2.77. The second-order valence-electron chi connectivity index (χ2n) is 5.43. The van der Waals surface area contributed by atoms with E-state index < -0.39 is 17.8 Å². The molecule has 0 fully saturated rings. The molecule has 3 rings (SSSR count). The summed E-state index contributed by atoms with van der Waals surface area (Å²) in [5.74, 6) is -1.79. The Balaban J connectivity index is 1.83. The normalized spacial score (nSPS) is 13.0. The van der Waals surface area contributed by atoms with E-state index in [-0.39, 0.29) is 29.4 Å². The second-order valence-corrected chi connectivity index (χ2v) is 6.27. The number of anilines is 2. The third-order valence-corrected chi connectivity index (χ3v) is 4.20. The zero-order chi connectivity index (χ0) is 18.8. The van der Waals surface area contributed by atoms with Crippen LogP contribution in [0.1, 0.15) is 10.4 Å². The largest absolute Gasteiger partial charge is 0.482 e. The van der Waals surface area contributed by atoms with Gasteiger partial charge in [-0.05, 0) is 36.4 Å². The van der Waals surface area contributed by atoms with Gasteiger partial charge in [-0.1, -0.05) is 23.2 Å². The molecule has 0 aromatic heterocycles. The highest BCUT2D eigenvalue weighted by atomic mass is 35.5. The van der Waals surface area contributed by atoms with Crippen molar-refractivity contribution in [1.29, 1.82) is 0 Å². The number of carboxylic acids is 1. The lowest BCUT2D eigenvalue weighted by molar-refractivity contribution is -0.123. The van der Waals surface area contributed by atoms with E-state index in [1.807, 2.05) is 0 Å². The molecule has 134 valence electrons. The van der Waals surface area contributed by atoms with Gasteiger partial charge in [0, 0.05) is 5.02 Å². The predicted molar refractivity (Wildman–Crippen MR) is 96.3 cm³/mol. The molecular weight excluding hydrogens is 383 g/mol. The maximum Gasteiger partial charge on any atom is 0.335 e.